The van der Waals surface area contributed by atoms with E-state index < -0.39 is 22.2 Å². The number of aliphatic carboxylic acids is 1. The SMILES string of the molecule is CN(C)S(=O)(=O)NN[C@@H](Cc1ccccc1)C(=O)O. The van der Waals surface area contributed by atoms with E-state index in [1.165, 1.54) is 14.1 Å². The van der Waals surface area contributed by atoms with Crippen molar-refractivity contribution in [2.24, 2.45) is 0 Å². The van der Waals surface area contributed by atoms with Crippen molar-refractivity contribution in [1.29, 1.82) is 0 Å². The second kappa shape index (κ2) is 6.62. The van der Waals surface area contributed by atoms with Gasteiger partial charge in [0.25, 0.3) is 10.2 Å². The molecule has 1 aromatic rings. The van der Waals surface area contributed by atoms with Gasteiger partial charge in [-0.1, -0.05) is 30.3 Å². The number of benzene rings is 1. The molecular formula is C11H17N3O4S. The highest BCUT2D eigenvalue weighted by atomic mass is 32.2. The zero-order chi connectivity index (χ0) is 14.5. The number of hydrogen-bond donors (Lipinski definition) is 3. The van der Waals surface area contributed by atoms with Crippen LogP contribution in [-0.4, -0.2) is 43.9 Å². The van der Waals surface area contributed by atoms with Gasteiger partial charge in [0.05, 0.1) is 0 Å². The Morgan fingerprint density at radius 1 is 1.32 bits per heavy atom. The third-order valence-corrected chi connectivity index (χ3v) is 3.76. The van der Waals surface area contributed by atoms with Gasteiger partial charge in [0, 0.05) is 14.1 Å². The number of nitrogens with one attached hydrogen (secondary N) is 2. The van der Waals surface area contributed by atoms with Crippen LogP contribution in [0.3, 0.4) is 0 Å². The Kier molecular flexibility index (Phi) is 5.43. The van der Waals surface area contributed by atoms with Crippen molar-refractivity contribution in [2.75, 3.05) is 14.1 Å². The fourth-order valence-corrected chi connectivity index (χ4v) is 1.76. The minimum atomic E-state index is -3.71. The summed E-state index contributed by atoms with van der Waals surface area (Å²) in [5.41, 5.74) is 3.11. The van der Waals surface area contributed by atoms with Crippen LogP contribution >= 0.6 is 0 Å². The quantitative estimate of drug-likeness (QED) is 0.592. The first-order chi connectivity index (χ1) is 8.83. The number of carboxylic acid groups (broad SMARTS) is 1. The van der Waals surface area contributed by atoms with E-state index in [1.54, 1.807) is 24.3 Å². The lowest BCUT2D eigenvalue weighted by molar-refractivity contribution is -0.139. The first-order valence-electron chi connectivity index (χ1n) is 5.54. The van der Waals surface area contributed by atoms with Crippen LogP contribution in [0.25, 0.3) is 0 Å². The van der Waals surface area contributed by atoms with Crippen LogP contribution in [0, 0.1) is 0 Å². The van der Waals surface area contributed by atoms with Crippen molar-refractivity contribution in [3.63, 3.8) is 0 Å². The second-order valence-corrected chi connectivity index (χ2v) is 6.00. The van der Waals surface area contributed by atoms with Gasteiger partial charge in [0.2, 0.25) is 0 Å². The van der Waals surface area contributed by atoms with Gasteiger partial charge in [-0.2, -0.15) is 12.7 Å². The minimum absolute atomic E-state index is 0.173. The zero-order valence-electron chi connectivity index (χ0n) is 10.7. The van der Waals surface area contributed by atoms with Gasteiger partial charge < -0.3 is 5.11 Å². The van der Waals surface area contributed by atoms with E-state index in [2.05, 4.69) is 5.43 Å². The molecule has 1 atom stereocenters. The fourth-order valence-electron chi connectivity index (χ4n) is 1.29. The summed E-state index contributed by atoms with van der Waals surface area (Å²) in [6, 6.07) is 7.91. The van der Waals surface area contributed by atoms with Crippen LogP contribution < -0.4 is 10.3 Å². The normalized spacial score (nSPS) is 13.4. The van der Waals surface area contributed by atoms with Crippen LogP contribution in [0.2, 0.25) is 0 Å². The van der Waals surface area contributed by atoms with E-state index >= 15 is 0 Å². The second-order valence-electron chi connectivity index (χ2n) is 4.11. The van der Waals surface area contributed by atoms with E-state index in [1.807, 2.05) is 10.9 Å². The zero-order valence-corrected chi connectivity index (χ0v) is 11.5. The van der Waals surface area contributed by atoms with Crippen molar-refractivity contribution < 1.29 is 18.3 Å². The van der Waals surface area contributed by atoms with Crippen LogP contribution in [0.15, 0.2) is 30.3 Å². The Morgan fingerprint density at radius 2 is 1.89 bits per heavy atom. The highest BCUT2D eigenvalue weighted by molar-refractivity contribution is 7.87. The molecule has 7 nitrogen and oxygen atoms in total. The average molecular weight is 287 g/mol. The van der Waals surface area contributed by atoms with E-state index in [0.717, 1.165) is 9.87 Å². The molecule has 0 aromatic heterocycles. The molecule has 0 fully saturated rings. The molecule has 106 valence electrons. The summed E-state index contributed by atoms with van der Waals surface area (Å²) in [4.78, 5) is 13.1. The van der Waals surface area contributed by atoms with Gasteiger partial charge in [0.15, 0.2) is 0 Å². The van der Waals surface area contributed by atoms with E-state index in [4.69, 9.17) is 5.11 Å². The maximum Gasteiger partial charge on any atom is 0.322 e. The van der Waals surface area contributed by atoms with Gasteiger partial charge in [-0.25, -0.2) is 5.43 Å². The molecule has 0 unspecified atom stereocenters. The number of nitrogens with zero attached hydrogens (tertiary/aromatic N) is 1. The smallest absolute Gasteiger partial charge is 0.322 e. The molecule has 8 heteroatoms. The maximum absolute atomic E-state index is 11.5. The van der Waals surface area contributed by atoms with Gasteiger partial charge in [-0.15, -0.1) is 4.83 Å². The number of carboxylic acids is 1. The molecule has 0 amide bonds. The van der Waals surface area contributed by atoms with Crippen LogP contribution in [-0.2, 0) is 21.4 Å². The Labute approximate surface area is 112 Å². The fraction of sp³-hybridized carbons (Fsp3) is 0.364. The summed E-state index contributed by atoms with van der Waals surface area (Å²) < 4.78 is 23.9. The van der Waals surface area contributed by atoms with Crippen molar-refractivity contribution >= 4 is 16.2 Å². The van der Waals surface area contributed by atoms with Crippen molar-refractivity contribution in [1.82, 2.24) is 14.6 Å². The van der Waals surface area contributed by atoms with Crippen molar-refractivity contribution in [2.45, 2.75) is 12.5 Å². The van der Waals surface area contributed by atoms with Gasteiger partial charge in [-0.05, 0) is 12.0 Å². The van der Waals surface area contributed by atoms with E-state index in [0.29, 0.717) is 0 Å². The van der Waals surface area contributed by atoms with Crippen LogP contribution in [0.4, 0.5) is 0 Å². The summed E-state index contributed by atoms with van der Waals surface area (Å²) in [5, 5.41) is 9.06. The predicted molar refractivity (Wildman–Crippen MR) is 70.4 cm³/mol. The largest absolute Gasteiger partial charge is 0.480 e. The summed E-state index contributed by atoms with van der Waals surface area (Å²) in [7, 11) is -1.02. The number of hydrogen-bond acceptors (Lipinski definition) is 4. The molecule has 0 spiro atoms. The topological polar surface area (TPSA) is 98.7 Å². The number of hydrazine groups is 1. The highest BCUT2D eigenvalue weighted by Gasteiger charge is 2.21. The highest BCUT2D eigenvalue weighted by Crippen LogP contribution is 2.03. The minimum Gasteiger partial charge on any atom is -0.480 e. The molecule has 0 saturated heterocycles. The molecule has 0 aliphatic carbocycles. The van der Waals surface area contributed by atoms with Crippen molar-refractivity contribution in [3.05, 3.63) is 35.9 Å². The number of carbonyl (C=O) groups is 1. The monoisotopic (exact) mass is 287 g/mol. The molecule has 0 heterocycles. The predicted octanol–water partition coefficient (Wildman–Crippen LogP) is -0.417. The Balaban J connectivity index is 2.68. The Bertz CT molecular complexity index is 516. The van der Waals surface area contributed by atoms with Crippen molar-refractivity contribution in [3.8, 4) is 0 Å². The third-order valence-electron chi connectivity index (χ3n) is 2.42. The van der Waals surface area contributed by atoms with E-state index in [9.17, 15) is 13.2 Å². The van der Waals surface area contributed by atoms with Gasteiger partial charge in [-0.3, -0.25) is 4.79 Å². The first kappa shape index (κ1) is 15.6. The molecule has 0 bridgehead atoms. The molecule has 19 heavy (non-hydrogen) atoms. The summed E-state index contributed by atoms with van der Waals surface area (Å²) in [6.45, 7) is 0. The maximum atomic E-state index is 11.5. The van der Waals surface area contributed by atoms with Gasteiger partial charge >= 0.3 is 5.97 Å². The van der Waals surface area contributed by atoms with E-state index in [-0.39, 0.29) is 6.42 Å². The molecule has 3 N–H and O–H groups in total. The molecule has 0 saturated carbocycles. The first-order valence-corrected chi connectivity index (χ1v) is 6.98. The average Bonchev–Trinajstić information content (AvgIpc) is 2.35. The summed E-state index contributed by atoms with van der Waals surface area (Å²) in [6.07, 6.45) is 0.173. The number of rotatable bonds is 7. The molecule has 0 aliphatic heterocycles. The molecule has 1 rings (SSSR count). The molecule has 1 aromatic carbocycles. The lowest BCUT2D eigenvalue weighted by atomic mass is 10.1. The molecule has 0 radical (unpaired) electrons. The Hall–Kier alpha value is -1.48. The third kappa shape index (κ3) is 4.95. The Morgan fingerprint density at radius 3 is 2.37 bits per heavy atom. The summed E-state index contributed by atoms with van der Waals surface area (Å²) >= 11 is 0. The van der Waals surface area contributed by atoms with Crippen LogP contribution in [0.1, 0.15) is 5.56 Å². The van der Waals surface area contributed by atoms with Gasteiger partial charge in [0.1, 0.15) is 6.04 Å². The lowest BCUT2D eigenvalue weighted by Crippen LogP contribution is -2.52. The summed E-state index contributed by atoms with van der Waals surface area (Å²) in [5.74, 6) is -1.13. The van der Waals surface area contributed by atoms with Crippen LogP contribution in [0.5, 0.6) is 0 Å². The molecule has 0 aliphatic rings. The lowest BCUT2D eigenvalue weighted by Gasteiger charge is -2.18. The standard InChI is InChI=1S/C11H17N3O4S/c1-14(2)19(17,18)13-12-10(11(15)16)8-9-6-4-3-5-7-9/h3-7,10,12-13H,8H2,1-2H3,(H,15,16)/t10-/m0/s1. The molecular weight excluding hydrogens is 270 g/mol.